The number of nitrogens with one attached hydrogen (secondary N) is 1. The molecular formula is C30H35Cl2N3O4S. The summed E-state index contributed by atoms with van der Waals surface area (Å²) in [6.07, 6.45) is 0.721. The Labute approximate surface area is 247 Å². The van der Waals surface area contributed by atoms with E-state index in [0.717, 1.165) is 16.3 Å². The van der Waals surface area contributed by atoms with Crippen LogP contribution in [0.4, 0.5) is 5.69 Å². The molecule has 0 heterocycles. The van der Waals surface area contributed by atoms with Gasteiger partial charge in [0.25, 0.3) is 10.0 Å². The third-order valence-corrected chi connectivity index (χ3v) is 8.97. The minimum absolute atomic E-state index is 0.0456. The summed E-state index contributed by atoms with van der Waals surface area (Å²) in [7, 11) is -4.16. The van der Waals surface area contributed by atoms with Gasteiger partial charge in [-0.05, 0) is 87.7 Å². The molecule has 0 aliphatic heterocycles. The summed E-state index contributed by atoms with van der Waals surface area (Å²) in [5, 5.41) is 3.85. The quantitative estimate of drug-likeness (QED) is 0.285. The van der Waals surface area contributed by atoms with Crippen LogP contribution in [0.1, 0.15) is 43.9 Å². The minimum Gasteiger partial charge on any atom is -0.352 e. The first-order chi connectivity index (χ1) is 18.8. The Morgan fingerprint density at radius 3 is 2.17 bits per heavy atom. The molecule has 0 fully saturated rings. The van der Waals surface area contributed by atoms with E-state index in [4.69, 9.17) is 23.2 Å². The predicted molar refractivity (Wildman–Crippen MR) is 161 cm³/mol. The van der Waals surface area contributed by atoms with E-state index in [-0.39, 0.29) is 23.4 Å². The van der Waals surface area contributed by atoms with E-state index in [2.05, 4.69) is 5.32 Å². The summed E-state index contributed by atoms with van der Waals surface area (Å²) in [5.41, 5.74) is 2.51. The van der Waals surface area contributed by atoms with Gasteiger partial charge in [0.15, 0.2) is 0 Å². The summed E-state index contributed by atoms with van der Waals surface area (Å²) < 4.78 is 29.0. The van der Waals surface area contributed by atoms with Gasteiger partial charge in [0.1, 0.15) is 12.6 Å². The lowest BCUT2D eigenvalue weighted by atomic mass is 10.1. The van der Waals surface area contributed by atoms with Crippen LogP contribution in [-0.2, 0) is 26.2 Å². The summed E-state index contributed by atoms with van der Waals surface area (Å²) in [4.78, 5) is 28.6. The molecule has 0 aliphatic carbocycles. The second kappa shape index (κ2) is 13.5. The Morgan fingerprint density at radius 2 is 1.57 bits per heavy atom. The second-order valence-corrected chi connectivity index (χ2v) is 12.6. The molecule has 0 saturated heterocycles. The van der Waals surface area contributed by atoms with Gasteiger partial charge >= 0.3 is 0 Å². The lowest BCUT2D eigenvalue weighted by Gasteiger charge is -2.33. The second-order valence-electron chi connectivity index (χ2n) is 9.90. The van der Waals surface area contributed by atoms with Crippen LogP contribution in [0.25, 0.3) is 0 Å². The number of hydrogen-bond acceptors (Lipinski definition) is 4. The number of halogens is 2. The Balaban J connectivity index is 2.06. The van der Waals surface area contributed by atoms with Crippen molar-refractivity contribution in [3.63, 3.8) is 0 Å². The van der Waals surface area contributed by atoms with E-state index in [9.17, 15) is 18.0 Å². The van der Waals surface area contributed by atoms with Crippen LogP contribution in [0, 0.1) is 13.8 Å². The number of carbonyl (C=O) groups excluding carboxylic acids is 2. The van der Waals surface area contributed by atoms with Crippen LogP contribution in [0.5, 0.6) is 0 Å². The third kappa shape index (κ3) is 7.77. The van der Waals surface area contributed by atoms with Crippen LogP contribution in [0.2, 0.25) is 10.0 Å². The molecule has 0 bridgehead atoms. The van der Waals surface area contributed by atoms with Crippen LogP contribution >= 0.6 is 23.2 Å². The van der Waals surface area contributed by atoms with Crippen molar-refractivity contribution in [2.24, 2.45) is 0 Å². The lowest BCUT2D eigenvalue weighted by Crippen LogP contribution is -2.52. The number of aryl methyl sites for hydroxylation is 2. The molecule has 214 valence electrons. The smallest absolute Gasteiger partial charge is 0.264 e. The van der Waals surface area contributed by atoms with Crippen molar-refractivity contribution in [2.45, 2.75) is 64.6 Å². The number of sulfonamides is 1. The summed E-state index contributed by atoms with van der Waals surface area (Å²) in [5.74, 6) is -0.878. The molecule has 2 amide bonds. The molecule has 0 saturated carbocycles. The molecule has 0 unspecified atom stereocenters. The molecule has 0 radical (unpaired) electrons. The highest BCUT2D eigenvalue weighted by molar-refractivity contribution is 7.92. The molecule has 10 heteroatoms. The third-order valence-electron chi connectivity index (χ3n) is 6.73. The number of anilines is 1. The predicted octanol–water partition coefficient (Wildman–Crippen LogP) is 6.14. The van der Waals surface area contributed by atoms with Crippen molar-refractivity contribution in [1.82, 2.24) is 10.2 Å². The van der Waals surface area contributed by atoms with Crippen molar-refractivity contribution < 1.29 is 18.0 Å². The van der Waals surface area contributed by atoms with E-state index in [0.29, 0.717) is 26.9 Å². The maximum Gasteiger partial charge on any atom is 0.264 e. The maximum atomic E-state index is 14.0. The molecule has 0 spiro atoms. The molecule has 0 aromatic heterocycles. The van der Waals surface area contributed by atoms with E-state index >= 15 is 0 Å². The van der Waals surface area contributed by atoms with Crippen molar-refractivity contribution in [3.8, 4) is 0 Å². The highest BCUT2D eigenvalue weighted by Gasteiger charge is 2.33. The van der Waals surface area contributed by atoms with Gasteiger partial charge in [0.2, 0.25) is 11.8 Å². The molecule has 7 nitrogen and oxygen atoms in total. The number of carbonyl (C=O) groups is 2. The van der Waals surface area contributed by atoms with Gasteiger partial charge in [0, 0.05) is 22.6 Å². The Kier molecular flexibility index (Phi) is 10.6. The van der Waals surface area contributed by atoms with Gasteiger partial charge in [-0.15, -0.1) is 0 Å². The lowest BCUT2D eigenvalue weighted by molar-refractivity contribution is -0.139. The fourth-order valence-electron chi connectivity index (χ4n) is 4.13. The number of amides is 2. The Hall–Kier alpha value is -3.07. The van der Waals surface area contributed by atoms with Crippen LogP contribution < -0.4 is 9.62 Å². The SMILES string of the molecule is CC[C@H](C)NC(=O)[C@H](C)N(Cc1cccc(Cl)c1)C(=O)CN(c1ccc(Cl)cc1C)S(=O)(=O)c1ccc(C)cc1. The minimum atomic E-state index is -4.16. The number of hydrogen-bond donors (Lipinski definition) is 1. The van der Waals surface area contributed by atoms with Gasteiger partial charge in [0.05, 0.1) is 10.6 Å². The number of nitrogens with zero attached hydrogens (tertiary/aromatic N) is 2. The zero-order valence-electron chi connectivity index (χ0n) is 23.3. The molecule has 1 N–H and O–H groups in total. The first kappa shape index (κ1) is 31.5. The van der Waals surface area contributed by atoms with Crippen LogP contribution in [0.3, 0.4) is 0 Å². The van der Waals surface area contributed by atoms with Crippen molar-refractivity contribution >= 4 is 50.7 Å². The van der Waals surface area contributed by atoms with Crippen molar-refractivity contribution in [2.75, 3.05) is 10.8 Å². The molecule has 3 rings (SSSR count). The zero-order valence-corrected chi connectivity index (χ0v) is 25.6. The van der Waals surface area contributed by atoms with Crippen LogP contribution in [-0.4, -0.2) is 43.8 Å². The topological polar surface area (TPSA) is 86.8 Å². The maximum absolute atomic E-state index is 14.0. The fraction of sp³-hybridized carbons (Fsp3) is 0.333. The summed E-state index contributed by atoms with van der Waals surface area (Å²) in [6, 6.07) is 17.3. The fourth-order valence-corrected chi connectivity index (χ4v) is 6.05. The standard InChI is InChI=1S/C30H35Cl2N3O4S/c1-6-22(4)33-30(37)23(5)34(18-24-8-7-9-25(31)17-24)29(36)19-35(28-15-12-26(32)16-21(28)3)40(38,39)27-13-10-20(2)11-14-27/h7-17,22-23H,6,18-19H2,1-5H3,(H,33,37)/t22-,23-/m0/s1. The van der Waals surface area contributed by atoms with Crippen molar-refractivity contribution in [1.29, 1.82) is 0 Å². The molecule has 3 aromatic carbocycles. The molecule has 0 aliphatic rings. The van der Waals surface area contributed by atoms with E-state index in [1.165, 1.54) is 17.0 Å². The van der Waals surface area contributed by atoms with E-state index in [1.54, 1.807) is 68.4 Å². The average Bonchev–Trinajstić information content (AvgIpc) is 2.90. The normalized spacial score (nSPS) is 12.9. The van der Waals surface area contributed by atoms with Gasteiger partial charge in [-0.2, -0.15) is 0 Å². The van der Waals surface area contributed by atoms with E-state index < -0.39 is 28.5 Å². The largest absolute Gasteiger partial charge is 0.352 e. The highest BCUT2D eigenvalue weighted by Crippen LogP contribution is 2.29. The Bertz CT molecular complexity index is 1460. The van der Waals surface area contributed by atoms with Gasteiger partial charge in [-0.25, -0.2) is 8.42 Å². The van der Waals surface area contributed by atoms with Crippen molar-refractivity contribution in [3.05, 3.63) is 93.5 Å². The van der Waals surface area contributed by atoms with Gasteiger partial charge < -0.3 is 10.2 Å². The molecule has 2 atom stereocenters. The molecule has 40 heavy (non-hydrogen) atoms. The summed E-state index contributed by atoms with van der Waals surface area (Å²) >= 11 is 12.4. The zero-order chi connectivity index (χ0) is 29.6. The average molecular weight is 605 g/mol. The first-order valence-corrected chi connectivity index (χ1v) is 15.2. The molecular weight excluding hydrogens is 569 g/mol. The molecule has 3 aromatic rings. The van der Waals surface area contributed by atoms with Gasteiger partial charge in [-0.1, -0.05) is 60.0 Å². The van der Waals surface area contributed by atoms with Gasteiger partial charge in [-0.3, -0.25) is 13.9 Å². The highest BCUT2D eigenvalue weighted by atomic mass is 35.5. The van der Waals surface area contributed by atoms with E-state index in [1.807, 2.05) is 20.8 Å². The first-order valence-electron chi connectivity index (χ1n) is 13.0. The van der Waals surface area contributed by atoms with Crippen LogP contribution in [0.15, 0.2) is 71.6 Å². The summed E-state index contributed by atoms with van der Waals surface area (Å²) in [6.45, 7) is 8.59. The monoisotopic (exact) mass is 603 g/mol. The Morgan fingerprint density at radius 1 is 0.925 bits per heavy atom. The number of benzene rings is 3. The number of rotatable bonds is 11.